The third-order valence-electron chi connectivity index (χ3n) is 5.11. The molecule has 0 spiro atoms. The zero-order valence-corrected chi connectivity index (χ0v) is 19.0. The van der Waals surface area contributed by atoms with Crippen molar-refractivity contribution in [2.75, 3.05) is 10.6 Å². The van der Waals surface area contributed by atoms with E-state index >= 15 is 0 Å². The van der Waals surface area contributed by atoms with Crippen molar-refractivity contribution >= 4 is 21.6 Å². The Kier molecular flexibility index (Phi) is 7.47. The van der Waals surface area contributed by atoms with Crippen LogP contribution in [0.3, 0.4) is 0 Å². The molecule has 2 rings (SSSR count). The topological polar surface area (TPSA) is 66.5 Å². The van der Waals surface area contributed by atoms with Crippen molar-refractivity contribution < 1.29 is 13.2 Å². The minimum absolute atomic E-state index is 0.170. The fourth-order valence-electron chi connectivity index (χ4n) is 3.71. The molecule has 2 atom stereocenters. The number of hydrogen-bond donors (Lipinski definition) is 1. The summed E-state index contributed by atoms with van der Waals surface area (Å²) >= 11 is 0. The summed E-state index contributed by atoms with van der Waals surface area (Å²) in [4.78, 5) is 13.2. The van der Waals surface area contributed by atoms with Gasteiger partial charge < -0.3 is 5.32 Å². The summed E-state index contributed by atoms with van der Waals surface area (Å²) in [5.74, 6) is -0.286. The largest absolute Gasteiger partial charge is 0.347 e. The van der Waals surface area contributed by atoms with E-state index in [0.29, 0.717) is 12.1 Å². The first kappa shape index (κ1) is 22.9. The zero-order chi connectivity index (χ0) is 21.8. The van der Waals surface area contributed by atoms with E-state index in [2.05, 4.69) is 11.4 Å². The molecule has 1 N–H and O–H groups in total. The average Bonchev–Trinajstić information content (AvgIpc) is 2.63. The highest BCUT2D eigenvalue weighted by Gasteiger charge is 2.32. The quantitative estimate of drug-likeness (QED) is 0.692. The summed E-state index contributed by atoms with van der Waals surface area (Å²) < 4.78 is 26.5. The van der Waals surface area contributed by atoms with Crippen molar-refractivity contribution in [3.63, 3.8) is 0 Å². The molecule has 0 radical (unpaired) electrons. The van der Waals surface area contributed by atoms with Crippen LogP contribution in [0.5, 0.6) is 0 Å². The van der Waals surface area contributed by atoms with Gasteiger partial charge >= 0.3 is 0 Å². The molecule has 6 heteroatoms. The molecule has 158 valence electrons. The number of sulfonamides is 1. The van der Waals surface area contributed by atoms with E-state index in [4.69, 9.17) is 0 Å². The van der Waals surface area contributed by atoms with Crippen LogP contribution in [-0.2, 0) is 14.8 Å². The Balaban J connectivity index is 2.38. The van der Waals surface area contributed by atoms with Crippen LogP contribution in [0.2, 0.25) is 0 Å². The first-order valence-electron chi connectivity index (χ1n) is 10.0. The predicted molar refractivity (Wildman–Crippen MR) is 120 cm³/mol. The van der Waals surface area contributed by atoms with Crippen molar-refractivity contribution in [2.45, 2.75) is 59.5 Å². The molecule has 29 heavy (non-hydrogen) atoms. The normalized spacial score (nSPS) is 13.6. The Bertz CT molecular complexity index is 970. The molecule has 0 aromatic heterocycles. The van der Waals surface area contributed by atoms with E-state index in [-0.39, 0.29) is 11.9 Å². The molecule has 0 aliphatic heterocycles. The highest BCUT2D eigenvalue weighted by atomic mass is 32.2. The van der Waals surface area contributed by atoms with Gasteiger partial charge in [0, 0.05) is 0 Å². The van der Waals surface area contributed by atoms with Crippen LogP contribution in [0.1, 0.15) is 55.0 Å². The molecular formula is C23H32N2O3S. The highest BCUT2D eigenvalue weighted by Crippen LogP contribution is 2.26. The van der Waals surface area contributed by atoms with Gasteiger partial charge in [-0.05, 0) is 62.4 Å². The second-order valence-electron chi connectivity index (χ2n) is 7.65. The van der Waals surface area contributed by atoms with Gasteiger partial charge in [0.25, 0.3) is 0 Å². The van der Waals surface area contributed by atoms with Gasteiger partial charge in [-0.1, -0.05) is 49.7 Å². The molecule has 0 saturated carbocycles. The lowest BCUT2D eigenvalue weighted by molar-refractivity contribution is -0.123. The number of carbonyl (C=O) groups is 1. The molecule has 0 aliphatic rings. The number of benzene rings is 2. The Hall–Kier alpha value is -2.34. The first-order chi connectivity index (χ1) is 13.6. The van der Waals surface area contributed by atoms with Gasteiger partial charge in [-0.25, -0.2) is 8.42 Å². The van der Waals surface area contributed by atoms with Gasteiger partial charge in [0.1, 0.15) is 6.04 Å². The Labute approximate surface area is 175 Å². The van der Waals surface area contributed by atoms with Crippen molar-refractivity contribution in [2.24, 2.45) is 0 Å². The van der Waals surface area contributed by atoms with Crippen molar-refractivity contribution in [3.8, 4) is 0 Å². The first-order valence-corrected chi connectivity index (χ1v) is 11.9. The predicted octanol–water partition coefficient (Wildman–Crippen LogP) is 4.42. The number of hydrogen-bond acceptors (Lipinski definition) is 3. The number of rotatable bonds is 8. The number of nitrogens with zero attached hydrogens (tertiary/aromatic N) is 1. The maximum Gasteiger partial charge on any atom is 0.244 e. The molecule has 1 amide bonds. The second kappa shape index (κ2) is 9.44. The van der Waals surface area contributed by atoms with Crippen molar-refractivity contribution in [3.05, 3.63) is 64.7 Å². The number of nitrogens with one attached hydrogen (secondary N) is 1. The summed E-state index contributed by atoms with van der Waals surface area (Å²) in [6.45, 7) is 9.81. The molecule has 0 fully saturated rings. The minimum Gasteiger partial charge on any atom is -0.347 e. The van der Waals surface area contributed by atoms with Crippen molar-refractivity contribution in [1.82, 2.24) is 5.32 Å². The number of aryl methyl sites for hydroxylation is 3. The zero-order valence-electron chi connectivity index (χ0n) is 18.2. The summed E-state index contributed by atoms with van der Waals surface area (Å²) in [6, 6.07) is 12.4. The molecule has 0 aliphatic carbocycles. The fraction of sp³-hybridized carbons (Fsp3) is 0.435. The number of carbonyl (C=O) groups excluding carboxylic acids is 1. The van der Waals surface area contributed by atoms with Crippen molar-refractivity contribution in [1.29, 1.82) is 0 Å². The van der Waals surface area contributed by atoms with Crippen LogP contribution in [0, 0.1) is 20.8 Å². The van der Waals surface area contributed by atoms with Gasteiger partial charge in [-0.3, -0.25) is 9.10 Å². The number of amides is 1. The molecule has 2 aromatic carbocycles. The summed E-state index contributed by atoms with van der Waals surface area (Å²) in [6.07, 6.45) is 2.23. The van der Waals surface area contributed by atoms with Gasteiger partial charge in [-0.15, -0.1) is 0 Å². The molecular weight excluding hydrogens is 384 g/mol. The van der Waals surface area contributed by atoms with Crippen LogP contribution in [0.4, 0.5) is 5.69 Å². The Morgan fingerprint density at radius 3 is 2.17 bits per heavy atom. The summed E-state index contributed by atoms with van der Waals surface area (Å²) in [5.41, 5.74) is 4.79. The van der Waals surface area contributed by atoms with Crippen LogP contribution in [0.25, 0.3) is 0 Å². The van der Waals surface area contributed by atoms with Gasteiger partial charge in [0.05, 0.1) is 18.0 Å². The standard InChI is InChI=1S/C23H32N2O3S/c1-7-21(20-13-12-17(4)14-18(20)5)24-23(26)22(8-2)25(29(6,27)28)19-11-9-10-16(3)15-19/h9-15,21-22H,7-8H2,1-6H3,(H,24,26)/t21-,22+/m1/s1. The highest BCUT2D eigenvalue weighted by molar-refractivity contribution is 7.92. The van der Waals surface area contributed by atoms with Crippen LogP contribution in [-0.4, -0.2) is 26.6 Å². The smallest absolute Gasteiger partial charge is 0.244 e. The molecule has 0 bridgehead atoms. The lowest BCUT2D eigenvalue weighted by Gasteiger charge is -2.32. The van der Waals surface area contributed by atoms with E-state index in [9.17, 15) is 13.2 Å². The SMILES string of the molecule is CC[C@@H](NC(=O)[C@H](CC)N(c1cccc(C)c1)S(C)(=O)=O)c1ccc(C)cc1C. The molecule has 0 unspecified atom stereocenters. The second-order valence-corrected chi connectivity index (χ2v) is 9.51. The maximum atomic E-state index is 13.2. The number of anilines is 1. The van der Waals surface area contributed by atoms with Crippen LogP contribution < -0.4 is 9.62 Å². The third-order valence-corrected chi connectivity index (χ3v) is 6.29. The van der Waals surface area contributed by atoms with E-state index in [1.54, 1.807) is 18.2 Å². The minimum atomic E-state index is -3.64. The van der Waals surface area contributed by atoms with Crippen LogP contribution in [0.15, 0.2) is 42.5 Å². The van der Waals surface area contributed by atoms with E-state index in [1.807, 2.05) is 52.8 Å². The van der Waals surface area contributed by atoms with E-state index < -0.39 is 16.1 Å². The average molecular weight is 417 g/mol. The maximum absolute atomic E-state index is 13.2. The third kappa shape index (κ3) is 5.60. The molecule has 0 saturated heterocycles. The monoisotopic (exact) mass is 416 g/mol. The van der Waals surface area contributed by atoms with E-state index in [1.165, 1.54) is 9.87 Å². The summed E-state index contributed by atoms with van der Waals surface area (Å²) in [7, 11) is -3.64. The fourth-order valence-corrected chi connectivity index (χ4v) is 4.91. The van der Waals surface area contributed by atoms with Gasteiger partial charge in [0.2, 0.25) is 15.9 Å². The van der Waals surface area contributed by atoms with Crippen LogP contribution >= 0.6 is 0 Å². The Morgan fingerprint density at radius 2 is 1.66 bits per heavy atom. The lowest BCUT2D eigenvalue weighted by atomic mass is 9.97. The summed E-state index contributed by atoms with van der Waals surface area (Å²) in [5, 5.41) is 3.09. The van der Waals surface area contributed by atoms with Gasteiger partial charge in [-0.2, -0.15) is 0 Å². The molecule has 0 heterocycles. The Morgan fingerprint density at radius 1 is 1.00 bits per heavy atom. The van der Waals surface area contributed by atoms with Gasteiger partial charge in [0.15, 0.2) is 0 Å². The lowest BCUT2D eigenvalue weighted by Crippen LogP contribution is -2.50. The van der Waals surface area contributed by atoms with E-state index in [0.717, 1.165) is 29.4 Å². The molecule has 5 nitrogen and oxygen atoms in total. The molecule has 2 aromatic rings.